The van der Waals surface area contributed by atoms with E-state index in [1.165, 1.54) is 6.21 Å². The number of sulfonamides is 1. The predicted octanol–water partition coefficient (Wildman–Crippen LogP) is 0.552. The van der Waals surface area contributed by atoms with Crippen molar-refractivity contribution >= 4 is 38.8 Å². The highest BCUT2D eigenvalue weighted by molar-refractivity contribution is 14.1. The van der Waals surface area contributed by atoms with Crippen molar-refractivity contribution in [2.45, 2.75) is 30.4 Å². The van der Waals surface area contributed by atoms with E-state index in [4.69, 9.17) is 9.88 Å². The van der Waals surface area contributed by atoms with Crippen molar-refractivity contribution in [1.29, 1.82) is 0 Å². The minimum Gasteiger partial charge on any atom is -0.366 e. The molecule has 0 bridgehead atoms. The molecule has 2 rings (SSSR count). The summed E-state index contributed by atoms with van der Waals surface area (Å²) in [4.78, 5) is 3.87. The van der Waals surface area contributed by atoms with Gasteiger partial charge in [0.2, 0.25) is 10.0 Å². The third-order valence-corrected chi connectivity index (χ3v) is 4.21. The Kier molecular flexibility index (Phi) is 3.15. The summed E-state index contributed by atoms with van der Waals surface area (Å²) in [6, 6.07) is 0. The third-order valence-electron chi connectivity index (χ3n) is 2.20. The molecule has 15 heavy (non-hydrogen) atoms. The molecule has 2 aliphatic rings. The number of hydrogen-bond donors (Lipinski definition) is 1. The summed E-state index contributed by atoms with van der Waals surface area (Å²) in [6.07, 6.45) is 4.82. The molecular formula is C8H11IN2O3S. The van der Waals surface area contributed by atoms with E-state index in [2.05, 4.69) is 27.6 Å². The highest BCUT2D eigenvalue weighted by atomic mass is 127. The van der Waals surface area contributed by atoms with Crippen LogP contribution in [0.25, 0.3) is 0 Å². The summed E-state index contributed by atoms with van der Waals surface area (Å²) in [7, 11) is -3.69. The van der Waals surface area contributed by atoms with Crippen LogP contribution in [0.5, 0.6) is 0 Å². The quantitative estimate of drug-likeness (QED) is 0.761. The van der Waals surface area contributed by atoms with Crippen molar-refractivity contribution in [3.05, 3.63) is 9.66 Å². The van der Waals surface area contributed by atoms with E-state index in [-0.39, 0.29) is 6.10 Å². The lowest BCUT2D eigenvalue weighted by Gasteiger charge is -2.24. The van der Waals surface area contributed by atoms with Gasteiger partial charge in [-0.1, -0.05) is 0 Å². The van der Waals surface area contributed by atoms with Gasteiger partial charge in [0, 0.05) is 9.79 Å². The molecule has 0 aromatic carbocycles. The van der Waals surface area contributed by atoms with Gasteiger partial charge in [0.25, 0.3) is 0 Å². The second kappa shape index (κ2) is 4.11. The van der Waals surface area contributed by atoms with Gasteiger partial charge < -0.3 is 4.74 Å². The molecule has 0 amide bonds. The van der Waals surface area contributed by atoms with Crippen molar-refractivity contribution in [2.24, 2.45) is 10.1 Å². The smallest absolute Gasteiger partial charge is 0.235 e. The first kappa shape index (κ1) is 11.5. The molecule has 2 unspecified atom stereocenters. The summed E-state index contributed by atoms with van der Waals surface area (Å²) in [5.74, 6) is 0. The average Bonchev–Trinajstić information content (AvgIpc) is 2.90. The summed E-state index contributed by atoms with van der Waals surface area (Å²) in [5, 5.41) is 4.12. The number of ether oxygens (including phenoxy) is 1. The van der Waals surface area contributed by atoms with E-state index in [0.29, 0.717) is 0 Å². The van der Waals surface area contributed by atoms with Crippen LogP contribution in [0.4, 0.5) is 0 Å². The number of hydrogen-bond acceptors (Lipinski definition) is 4. The Labute approximate surface area is 102 Å². The van der Waals surface area contributed by atoms with Crippen molar-refractivity contribution in [3.63, 3.8) is 0 Å². The molecule has 0 aromatic heterocycles. The molecule has 7 heteroatoms. The van der Waals surface area contributed by atoms with Gasteiger partial charge in [-0.2, -0.15) is 0 Å². The number of rotatable bonds is 3. The van der Waals surface area contributed by atoms with E-state index in [9.17, 15) is 8.42 Å². The summed E-state index contributed by atoms with van der Waals surface area (Å²) < 4.78 is 29.0. The predicted molar refractivity (Wildman–Crippen MR) is 65.4 cm³/mol. The van der Waals surface area contributed by atoms with E-state index in [1.54, 1.807) is 6.08 Å². The van der Waals surface area contributed by atoms with Crippen LogP contribution >= 0.6 is 22.6 Å². The molecule has 2 atom stereocenters. The van der Waals surface area contributed by atoms with Crippen molar-refractivity contribution in [3.8, 4) is 0 Å². The van der Waals surface area contributed by atoms with Crippen LogP contribution in [0.2, 0.25) is 0 Å². The fourth-order valence-corrected chi connectivity index (χ4v) is 3.00. The summed E-state index contributed by atoms with van der Waals surface area (Å²) >= 11 is 2.06. The molecule has 2 N–H and O–H groups in total. The minimum atomic E-state index is -3.69. The standard InChI is InChI=1S/C8H11IN2O3S/c9-6-3-4-11-8(15(10,12)13)7(6)14-5-1-2-5/h3-5,7-8H,1-2H2,(H2,10,12,13). The van der Waals surface area contributed by atoms with Gasteiger partial charge in [0.05, 0.1) is 6.10 Å². The van der Waals surface area contributed by atoms with Gasteiger partial charge in [0.1, 0.15) is 6.10 Å². The van der Waals surface area contributed by atoms with Gasteiger partial charge in [-0.25, -0.2) is 13.6 Å². The maximum atomic E-state index is 11.3. The summed E-state index contributed by atoms with van der Waals surface area (Å²) in [6.45, 7) is 0. The monoisotopic (exact) mass is 342 g/mol. The van der Waals surface area contributed by atoms with Gasteiger partial charge in [-0.05, 0) is 41.5 Å². The SMILES string of the molecule is NS(=O)(=O)C1N=CC=C(I)C1OC1CC1. The number of nitrogens with two attached hydrogens (primary N) is 1. The number of dihydropyridines is 1. The zero-order valence-corrected chi connectivity index (χ0v) is 10.8. The maximum Gasteiger partial charge on any atom is 0.235 e. The zero-order chi connectivity index (χ0) is 11.1. The number of allylic oxidation sites excluding steroid dienone is 1. The molecule has 5 nitrogen and oxygen atoms in total. The maximum absolute atomic E-state index is 11.3. The topological polar surface area (TPSA) is 81.8 Å². The second-order valence-electron chi connectivity index (χ2n) is 3.59. The molecule has 1 saturated carbocycles. The van der Waals surface area contributed by atoms with Crippen LogP contribution in [0, 0.1) is 0 Å². The Hall–Kier alpha value is 0.01000. The lowest BCUT2D eigenvalue weighted by molar-refractivity contribution is 0.0676. The molecule has 1 heterocycles. The Balaban J connectivity index is 2.20. The summed E-state index contributed by atoms with van der Waals surface area (Å²) in [5.41, 5.74) is 0. The average molecular weight is 342 g/mol. The molecule has 84 valence electrons. The lowest BCUT2D eigenvalue weighted by atomic mass is 10.3. The van der Waals surface area contributed by atoms with Crippen LogP contribution in [0.1, 0.15) is 12.8 Å². The second-order valence-corrected chi connectivity index (χ2v) is 6.49. The van der Waals surface area contributed by atoms with Gasteiger partial charge in [0.15, 0.2) is 5.37 Å². The van der Waals surface area contributed by atoms with Crippen molar-refractivity contribution < 1.29 is 13.2 Å². The van der Waals surface area contributed by atoms with Crippen LogP contribution < -0.4 is 5.14 Å². The highest BCUT2D eigenvalue weighted by Crippen LogP contribution is 2.32. The van der Waals surface area contributed by atoms with E-state index in [0.717, 1.165) is 16.4 Å². The number of nitrogens with zero attached hydrogens (tertiary/aromatic N) is 1. The van der Waals surface area contributed by atoms with E-state index < -0.39 is 21.5 Å². The molecule has 0 radical (unpaired) electrons. The first-order chi connectivity index (χ1) is 6.98. The Bertz CT molecular complexity index is 414. The first-order valence-corrected chi connectivity index (χ1v) is 7.23. The molecule has 0 aromatic rings. The molecule has 1 aliphatic heterocycles. The first-order valence-electron chi connectivity index (χ1n) is 4.54. The van der Waals surface area contributed by atoms with Crippen molar-refractivity contribution in [2.75, 3.05) is 0 Å². The minimum absolute atomic E-state index is 0.172. The van der Waals surface area contributed by atoms with Crippen LogP contribution in [-0.2, 0) is 14.8 Å². The number of primary sulfonamides is 1. The molecule has 0 spiro atoms. The lowest BCUT2D eigenvalue weighted by Crippen LogP contribution is -2.40. The van der Waals surface area contributed by atoms with Crippen LogP contribution in [0.15, 0.2) is 14.6 Å². The van der Waals surface area contributed by atoms with Crippen molar-refractivity contribution in [1.82, 2.24) is 0 Å². The Morgan fingerprint density at radius 1 is 1.53 bits per heavy atom. The zero-order valence-electron chi connectivity index (χ0n) is 7.84. The normalized spacial score (nSPS) is 31.5. The number of halogens is 1. The van der Waals surface area contributed by atoms with E-state index >= 15 is 0 Å². The fourth-order valence-electron chi connectivity index (χ4n) is 1.31. The third kappa shape index (κ3) is 2.77. The largest absolute Gasteiger partial charge is 0.366 e. The molecule has 0 saturated heterocycles. The number of aliphatic imine (C=N–C) groups is 1. The van der Waals surface area contributed by atoms with Gasteiger partial charge in [-0.3, -0.25) is 4.99 Å². The Morgan fingerprint density at radius 3 is 2.73 bits per heavy atom. The van der Waals surface area contributed by atoms with Gasteiger partial charge >= 0.3 is 0 Å². The molecule has 1 fully saturated rings. The van der Waals surface area contributed by atoms with Gasteiger partial charge in [-0.15, -0.1) is 0 Å². The van der Waals surface area contributed by atoms with Crippen LogP contribution in [-0.4, -0.2) is 32.2 Å². The van der Waals surface area contributed by atoms with Crippen LogP contribution in [0.3, 0.4) is 0 Å². The molecular weight excluding hydrogens is 331 g/mol. The highest BCUT2D eigenvalue weighted by Gasteiger charge is 2.38. The van der Waals surface area contributed by atoms with E-state index in [1.807, 2.05) is 0 Å². The molecule has 1 aliphatic carbocycles. The Morgan fingerprint density at radius 2 is 2.20 bits per heavy atom. The fraction of sp³-hybridized carbons (Fsp3) is 0.625.